The van der Waals surface area contributed by atoms with Crippen molar-refractivity contribution in [1.29, 1.82) is 5.26 Å². The van der Waals surface area contributed by atoms with E-state index in [9.17, 15) is 5.26 Å². The Bertz CT molecular complexity index is 579. The van der Waals surface area contributed by atoms with Crippen molar-refractivity contribution < 1.29 is 4.74 Å². The Morgan fingerprint density at radius 1 is 1.15 bits per heavy atom. The van der Waals surface area contributed by atoms with Crippen molar-refractivity contribution in [2.75, 3.05) is 0 Å². The minimum atomic E-state index is -0.736. The van der Waals surface area contributed by atoms with Crippen LogP contribution in [0.2, 0.25) is 0 Å². The first kappa shape index (κ1) is 13.1. The number of benzene rings is 1. The average molecular weight is 265 g/mol. The maximum absolute atomic E-state index is 9.72. The summed E-state index contributed by atoms with van der Waals surface area (Å²) in [6.07, 6.45) is 9.45. The molecule has 0 aliphatic heterocycles. The lowest BCUT2D eigenvalue weighted by molar-refractivity contribution is 0.00924. The first-order valence-electron chi connectivity index (χ1n) is 7.32. The van der Waals surface area contributed by atoms with Crippen molar-refractivity contribution in [2.45, 2.75) is 44.3 Å². The highest BCUT2D eigenvalue weighted by molar-refractivity contribution is 5.43. The summed E-state index contributed by atoms with van der Waals surface area (Å²) in [6, 6.07) is 12.5. The lowest BCUT2D eigenvalue weighted by Gasteiger charge is -2.35. The second kappa shape index (κ2) is 5.64. The number of allylic oxidation sites excluding steroid dienone is 2. The van der Waals surface area contributed by atoms with Crippen molar-refractivity contribution >= 4 is 0 Å². The summed E-state index contributed by atoms with van der Waals surface area (Å²) in [6.45, 7) is 0.499. The van der Waals surface area contributed by atoms with Crippen molar-refractivity contribution in [3.8, 4) is 6.07 Å². The van der Waals surface area contributed by atoms with Gasteiger partial charge in [-0.05, 0) is 42.4 Å². The Labute approximate surface area is 120 Å². The van der Waals surface area contributed by atoms with Crippen LogP contribution in [0.1, 0.15) is 37.7 Å². The minimum absolute atomic E-state index is 0.499. The monoisotopic (exact) mass is 265 g/mol. The highest BCUT2D eigenvalue weighted by Crippen LogP contribution is 2.40. The molecule has 0 saturated heterocycles. The molecule has 0 spiro atoms. The molecule has 0 amide bonds. The van der Waals surface area contributed by atoms with Gasteiger partial charge in [-0.1, -0.05) is 42.5 Å². The van der Waals surface area contributed by atoms with Gasteiger partial charge in [-0.15, -0.1) is 0 Å². The van der Waals surface area contributed by atoms with E-state index in [1.165, 1.54) is 24.0 Å². The quantitative estimate of drug-likeness (QED) is 0.816. The van der Waals surface area contributed by atoms with Gasteiger partial charge in [-0.2, -0.15) is 5.26 Å². The predicted octanol–water partition coefficient (Wildman–Crippen LogP) is 4.30. The molecule has 0 radical (unpaired) electrons. The Kier molecular flexibility index (Phi) is 3.71. The van der Waals surface area contributed by atoms with Crippen molar-refractivity contribution in [3.05, 3.63) is 59.2 Å². The molecular formula is C18H19NO. The Morgan fingerprint density at radius 3 is 2.75 bits per heavy atom. The van der Waals surface area contributed by atoms with Gasteiger partial charge in [0, 0.05) is 6.42 Å². The van der Waals surface area contributed by atoms with Gasteiger partial charge in [0.1, 0.15) is 6.07 Å². The lowest BCUT2D eigenvalue weighted by Crippen LogP contribution is -2.36. The summed E-state index contributed by atoms with van der Waals surface area (Å²) in [5.74, 6) is 0. The largest absolute Gasteiger partial charge is 0.351 e. The highest BCUT2D eigenvalue weighted by atomic mass is 16.5. The number of nitriles is 1. The maximum Gasteiger partial charge on any atom is 0.180 e. The minimum Gasteiger partial charge on any atom is -0.351 e. The van der Waals surface area contributed by atoms with Gasteiger partial charge < -0.3 is 4.74 Å². The van der Waals surface area contributed by atoms with Crippen LogP contribution in [0.15, 0.2) is 53.6 Å². The van der Waals surface area contributed by atoms with Gasteiger partial charge in [0.25, 0.3) is 0 Å². The molecule has 2 heteroatoms. The normalized spacial score (nSPS) is 25.1. The first-order chi connectivity index (χ1) is 9.84. The van der Waals surface area contributed by atoms with E-state index < -0.39 is 5.60 Å². The number of hydrogen-bond acceptors (Lipinski definition) is 2. The maximum atomic E-state index is 9.72. The average Bonchev–Trinajstić information content (AvgIpc) is 2.54. The predicted molar refractivity (Wildman–Crippen MR) is 78.8 cm³/mol. The highest BCUT2D eigenvalue weighted by Gasteiger charge is 2.38. The molecule has 0 aromatic heterocycles. The Balaban J connectivity index is 1.83. The molecule has 1 aromatic rings. The molecule has 1 atom stereocenters. The fraction of sp³-hybridized carbons (Fsp3) is 0.389. The van der Waals surface area contributed by atoms with E-state index in [4.69, 9.17) is 4.74 Å². The zero-order valence-electron chi connectivity index (χ0n) is 11.6. The fourth-order valence-corrected chi connectivity index (χ4v) is 3.14. The van der Waals surface area contributed by atoms with E-state index >= 15 is 0 Å². The van der Waals surface area contributed by atoms with Gasteiger partial charge in [0.15, 0.2) is 5.60 Å². The van der Waals surface area contributed by atoms with Gasteiger partial charge >= 0.3 is 0 Å². The summed E-state index contributed by atoms with van der Waals surface area (Å²) in [7, 11) is 0. The van der Waals surface area contributed by atoms with Crippen LogP contribution in [0.5, 0.6) is 0 Å². The molecule has 2 aliphatic rings. The molecule has 2 nitrogen and oxygen atoms in total. The molecule has 3 rings (SSSR count). The molecular weight excluding hydrogens is 246 g/mol. The van der Waals surface area contributed by atoms with Gasteiger partial charge in [0.2, 0.25) is 0 Å². The Hall–Kier alpha value is -1.85. The van der Waals surface area contributed by atoms with E-state index in [-0.39, 0.29) is 0 Å². The van der Waals surface area contributed by atoms with E-state index in [2.05, 4.69) is 18.2 Å². The molecule has 0 N–H and O–H groups in total. The zero-order chi connectivity index (χ0) is 13.8. The summed E-state index contributed by atoms with van der Waals surface area (Å²) in [5, 5.41) is 9.72. The molecule has 102 valence electrons. The summed E-state index contributed by atoms with van der Waals surface area (Å²) in [5.41, 5.74) is 2.94. The molecule has 1 aromatic carbocycles. The summed E-state index contributed by atoms with van der Waals surface area (Å²) in [4.78, 5) is 0. The fourth-order valence-electron chi connectivity index (χ4n) is 3.14. The molecule has 0 bridgehead atoms. The first-order valence-corrected chi connectivity index (χ1v) is 7.32. The molecule has 0 heterocycles. The van der Waals surface area contributed by atoms with Crippen LogP contribution >= 0.6 is 0 Å². The van der Waals surface area contributed by atoms with Crippen LogP contribution in [0, 0.1) is 11.3 Å². The SMILES string of the molecule is N#CC1(OCc2ccccc2)CC=CC2=C1CCCC2. The Morgan fingerprint density at radius 2 is 1.95 bits per heavy atom. The van der Waals surface area contributed by atoms with Gasteiger partial charge in [-0.25, -0.2) is 0 Å². The second-order valence-electron chi connectivity index (χ2n) is 5.53. The summed E-state index contributed by atoms with van der Waals surface area (Å²) >= 11 is 0. The van der Waals surface area contributed by atoms with Crippen LogP contribution < -0.4 is 0 Å². The van der Waals surface area contributed by atoms with Crippen LogP contribution in [-0.2, 0) is 11.3 Å². The van der Waals surface area contributed by atoms with Gasteiger partial charge in [0.05, 0.1) is 6.61 Å². The van der Waals surface area contributed by atoms with E-state index in [0.29, 0.717) is 13.0 Å². The number of rotatable bonds is 3. The molecule has 1 unspecified atom stereocenters. The standard InChI is InChI=1S/C18H19NO/c19-14-18(20-13-15-7-2-1-3-8-15)12-6-10-16-9-4-5-11-17(16)18/h1-3,6-8,10H,4-5,9,11-13H2. The third-order valence-corrected chi connectivity index (χ3v) is 4.23. The van der Waals surface area contributed by atoms with Crippen molar-refractivity contribution in [1.82, 2.24) is 0 Å². The number of nitrogens with zero attached hydrogens (tertiary/aromatic N) is 1. The van der Waals surface area contributed by atoms with E-state index in [1.807, 2.05) is 30.3 Å². The van der Waals surface area contributed by atoms with E-state index in [1.54, 1.807) is 0 Å². The van der Waals surface area contributed by atoms with Gasteiger partial charge in [-0.3, -0.25) is 0 Å². The van der Waals surface area contributed by atoms with Crippen molar-refractivity contribution in [3.63, 3.8) is 0 Å². The van der Waals surface area contributed by atoms with E-state index in [0.717, 1.165) is 18.4 Å². The summed E-state index contributed by atoms with van der Waals surface area (Å²) < 4.78 is 6.11. The van der Waals surface area contributed by atoms with Crippen LogP contribution in [0.4, 0.5) is 0 Å². The third-order valence-electron chi connectivity index (χ3n) is 4.23. The molecule has 20 heavy (non-hydrogen) atoms. The topological polar surface area (TPSA) is 33.0 Å². The van der Waals surface area contributed by atoms with Crippen LogP contribution in [0.3, 0.4) is 0 Å². The molecule has 0 fully saturated rings. The molecule has 0 saturated carbocycles. The third kappa shape index (κ3) is 2.42. The lowest BCUT2D eigenvalue weighted by atomic mass is 9.76. The number of ether oxygens (including phenoxy) is 1. The van der Waals surface area contributed by atoms with Crippen LogP contribution in [0.25, 0.3) is 0 Å². The smallest absolute Gasteiger partial charge is 0.180 e. The molecule has 2 aliphatic carbocycles. The number of hydrogen-bond donors (Lipinski definition) is 0. The van der Waals surface area contributed by atoms with Crippen LogP contribution in [-0.4, -0.2) is 5.60 Å². The zero-order valence-corrected chi connectivity index (χ0v) is 11.6. The van der Waals surface area contributed by atoms with Crippen molar-refractivity contribution in [2.24, 2.45) is 0 Å². The second-order valence-corrected chi connectivity index (χ2v) is 5.53.